The molecule has 3 rings (SSSR count). The van der Waals surface area contributed by atoms with Crippen molar-refractivity contribution in [2.75, 3.05) is 12.4 Å². The minimum atomic E-state index is -0.547. The molecule has 130 valence electrons. The summed E-state index contributed by atoms with van der Waals surface area (Å²) in [7, 11) is 1.46. The number of thiazole rings is 1. The average Bonchev–Trinajstić information content (AvgIpc) is 3.25. The maximum absolute atomic E-state index is 14.1. The van der Waals surface area contributed by atoms with Gasteiger partial charge in [-0.2, -0.15) is 0 Å². The van der Waals surface area contributed by atoms with Crippen LogP contribution >= 0.6 is 11.3 Å². The Morgan fingerprint density at radius 2 is 2.04 bits per heavy atom. The number of hydrogen-bond acceptors (Lipinski definition) is 4. The molecule has 1 amide bonds. The van der Waals surface area contributed by atoms with E-state index >= 15 is 0 Å². The minimum Gasteiger partial charge on any atom is -0.497 e. The molecule has 1 aromatic carbocycles. The molecule has 0 aliphatic carbocycles. The molecule has 2 aromatic heterocycles. The van der Waals surface area contributed by atoms with E-state index in [4.69, 9.17) is 4.74 Å². The molecule has 0 spiro atoms. The average molecular weight is 359 g/mol. The highest BCUT2D eigenvalue weighted by molar-refractivity contribution is 7.16. The zero-order valence-electron chi connectivity index (χ0n) is 14.1. The van der Waals surface area contributed by atoms with E-state index in [1.54, 1.807) is 6.07 Å². The molecule has 0 atom stereocenters. The highest BCUT2D eigenvalue weighted by Crippen LogP contribution is 2.29. The molecule has 0 radical (unpaired) electrons. The first kappa shape index (κ1) is 17.2. The molecule has 7 heteroatoms. The van der Waals surface area contributed by atoms with Crippen LogP contribution in [0.1, 0.15) is 35.1 Å². The van der Waals surface area contributed by atoms with E-state index < -0.39 is 5.82 Å². The Bertz CT molecular complexity index is 888. The third kappa shape index (κ3) is 3.56. The highest BCUT2D eigenvalue weighted by atomic mass is 32.1. The lowest BCUT2D eigenvalue weighted by molar-refractivity contribution is 0.102. The van der Waals surface area contributed by atoms with Crippen molar-refractivity contribution in [3.8, 4) is 10.9 Å². The van der Waals surface area contributed by atoms with Gasteiger partial charge in [-0.15, -0.1) is 0 Å². The van der Waals surface area contributed by atoms with Crippen LogP contribution in [0.3, 0.4) is 0 Å². The summed E-state index contributed by atoms with van der Waals surface area (Å²) in [5.41, 5.74) is 0.802. The molecule has 0 saturated heterocycles. The molecule has 1 N–H and O–H groups in total. The van der Waals surface area contributed by atoms with E-state index in [1.165, 1.54) is 30.6 Å². The molecule has 0 fully saturated rings. The van der Waals surface area contributed by atoms with Gasteiger partial charge in [-0.1, -0.05) is 25.2 Å². The zero-order chi connectivity index (χ0) is 18.0. The van der Waals surface area contributed by atoms with Gasteiger partial charge in [-0.3, -0.25) is 4.79 Å². The lowest BCUT2D eigenvalue weighted by Gasteiger charge is -2.08. The molecule has 0 aliphatic heterocycles. The third-order valence-corrected chi connectivity index (χ3v) is 4.73. The number of methoxy groups -OCH3 is 1. The summed E-state index contributed by atoms with van der Waals surface area (Å²) in [4.78, 5) is 17.7. The van der Waals surface area contributed by atoms with E-state index in [0.29, 0.717) is 21.5 Å². The summed E-state index contributed by atoms with van der Waals surface area (Å²) in [6, 6.07) is 8.09. The van der Waals surface area contributed by atoms with Crippen molar-refractivity contribution in [1.82, 2.24) is 9.55 Å². The second-order valence-corrected chi connectivity index (χ2v) is 6.73. The maximum atomic E-state index is 14.1. The van der Waals surface area contributed by atoms with Crippen LogP contribution in [-0.2, 0) is 0 Å². The summed E-state index contributed by atoms with van der Waals surface area (Å²) in [5, 5.41) is 3.33. The molecule has 0 bridgehead atoms. The van der Waals surface area contributed by atoms with Crippen molar-refractivity contribution in [3.05, 3.63) is 59.1 Å². The van der Waals surface area contributed by atoms with Gasteiger partial charge >= 0.3 is 0 Å². The number of rotatable bonds is 5. The largest absolute Gasteiger partial charge is 0.497 e. The molecule has 2 heterocycles. The van der Waals surface area contributed by atoms with Gasteiger partial charge in [0.05, 0.1) is 18.5 Å². The van der Waals surface area contributed by atoms with E-state index in [2.05, 4.69) is 10.3 Å². The van der Waals surface area contributed by atoms with Crippen molar-refractivity contribution >= 4 is 22.9 Å². The Morgan fingerprint density at radius 3 is 2.64 bits per heavy atom. The molecule has 0 saturated carbocycles. The van der Waals surface area contributed by atoms with Gasteiger partial charge in [-0.25, -0.2) is 9.37 Å². The summed E-state index contributed by atoms with van der Waals surface area (Å²) in [6.45, 7) is 3.94. The number of nitrogens with one attached hydrogen (secondary N) is 1. The predicted octanol–water partition coefficient (Wildman–Crippen LogP) is 4.46. The third-order valence-electron chi connectivity index (χ3n) is 3.64. The van der Waals surface area contributed by atoms with Crippen LogP contribution < -0.4 is 10.1 Å². The number of carbonyl (C=O) groups is 1. The van der Waals surface area contributed by atoms with Gasteiger partial charge < -0.3 is 14.6 Å². The van der Waals surface area contributed by atoms with Crippen molar-refractivity contribution in [2.24, 2.45) is 0 Å². The highest BCUT2D eigenvalue weighted by Gasteiger charge is 2.22. The predicted molar refractivity (Wildman–Crippen MR) is 96.4 cm³/mol. The topological polar surface area (TPSA) is 56.1 Å². The molecule has 25 heavy (non-hydrogen) atoms. The number of hydrogen-bond donors (Lipinski definition) is 1. The van der Waals surface area contributed by atoms with Crippen LogP contribution in [0.5, 0.6) is 5.75 Å². The van der Waals surface area contributed by atoms with Crippen LogP contribution in [0.25, 0.3) is 5.13 Å². The minimum absolute atomic E-state index is 0.0713. The summed E-state index contributed by atoms with van der Waals surface area (Å²) < 4.78 is 20.9. The van der Waals surface area contributed by atoms with Gasteiger partial charge in [0, 0.05) is 18.5 Å². The van der Waals surface area contributed by atoms with E-state index in [-0.39, 0.29) is 17.5 Å². The number of amides is 1. The fourth-order valence-corrected chi connectivity index (χ4v) is 3.43. The fourth-order valence-electron chi connectivity index (χ4n) is 2.35. The number of carbonyl (C=O) groups excluding carboxylic acids is 1. The Hall–Kier alpha value is -2.67. The van der Waals surface area contributed by atoms with Crippen LogP contribution in [0.4, 0.5) is 10.1 Å². The second kappa shape index (κ2) is 7.06. The summed E-state index contributed by atoms with van der Waals surface area (Å²) in [5.74, 6) is -0.453. The first-order chi connectivity index (χ1) is 12.0. The van der Waals surface area contributed by atoms with Crippen molar-refractivity contribution in [1.29, 1.82) is 0 Å². The quantitative estimate of drug-likeness (QED) is 0.732. The van der Waals surface area contributed by atoms with Crippen LogP contribution in [0, 0.1) is 5.82 Å². The Kier molecular flexibility index (Phi) is 4.85. The van der Waals surface area contributed by atoms with Gasteiger partial charge in [-0.05, 0) is 30.2 Å². The number of ether oxygens (including phenoxy) is 1. The van der Waals surface area contributed by atoms with Crippen LogP contribution in [0.2, 0.25) is 0 Å². The maximum Gasteiger partial charge on any atom is 0.267 e. The van der Waals surface area contributed by atoms with Crippen molar-refractivity contribution in [3.63, 3.8) is 0 Å². The zero-order valence-corrected chi connectivity index (χ0v) is 14.9. The number of anilines is 1. The van der Waals surface area contributed by atoms with Crippen molar-refractivity contribution in [2.45, 2.75) is 19.8 Å². The smallest absolute Gasteiger partial charge is 0.267 e. The second-order valence-electron chi connectivity index (χ2n) is 5.76. The van der Waals surface area contributed by atoms with Crippen LogP contribution in [-0.4, -0.2) is 22.6 Å². The van der Waals surface area contributed by atoms with Gasteiger partial charge in [0.15, 0.2) is 5.13 Å². The van der Waals surface area contributed by atoms with Gasteiger partial charge in [0.1, 0.15) is 16.4 Å². The number of aromatic nitrogens is 2. The molecular formula is C18H18FN3O2S. The van der Waals surface area contributed by atoms with Crippen LogP contribution in [0.15, 0.2) is 42.7 Å². The number of nitrogens with zero attached hydrogens (tertiary/aromatic N) is 2. The summed E-state index contributed by atoms with van der Waals surface area (Å²) >= 11 is 1.28. The molecule has 5 nitrogen and oxygen atoms in total. The first-order valence-electron chi connectivity index (χ1n) is 7.78. The Balaban J connectivity index is 1.91. The Labute approximate surface area is 149 Å². The first-order valence-corrected chi connectivity index (χ1v) is 8.60. The lowest BCUT2D eigenvalue weighted by atomic mass is 10.1. The standard InChI is InChI=1S/C18H18FN3O2S/c1-11(2)15-16(25-18(21-15)22-8-4-5-9-22)17(23)20-14-7-6-12(24-3)10-13(14)19/h4-11H,1-3H3,(H,20,23). The molecule has 0 unspecified atom stereocenters. The normalized spacial score (nSPS) is 10.9. The number of benzene rings is 1. The van der Waals surface area contributed by atoms with E-state index in [9.17, 15) is 9.18 Å². The van der Waals surface area contributed by atoms with Gasteiger partial charge in [0.2, 0.25) is 0 Å². The Morgan fingerprint density at radius 1 is 1.32 bits per heavy atom. The fraction of sp³-hybridized carbons (Fsp3) is 0.222. The molecule has 0 aliphatic rings. The summed E-state index contributed by atoms with van der Waals surface area (Å²) in [6.07, 6.45) is 3.74. The van der Waals surface area contributed by atoms with Crippen molar-refractivity contribution < 1.29 is 13.9 Å². The SMILES string of the molecule is COc1ccc(NC(=O)c2sc(-n3cccc3)nc2C(C)C)c(F)c1. The van der Waals surface area contributed by atoms with E-state index in [1.807, 2.05) is 42.9 Å². The molecular weight excluding hydrogens is 341 g/mol. The number of halogens is 1. The van der Waals surface area contributed by atoms with Gasteiger partial charge in [0.25, 0.3) is 5.91 Å². The molecule has 3 aromatic rings. The van der Waals surface area contributed by atoms with E-state index in [0.717, 1.165) is 0 Å². The lowest BCUT2D eigenvalue weighted by Crippen LogP contribution is -2.14. The monoisotopic (exact) mass is 359 g/mol.